The number of para-hydroxylation sites is 2. The highest BCUT2D eigenvalue weighted by Gasteiger charge is 2.29. The molecular formula is C17H18N3O+. The maximum absolute atomic E-state index is 10.5. The predicted molar refractivity (Wildman–Crippen MR) is 82.0 cm³/mol. The maximum Gasteiger partial charge on any atom is 0.358 e. The first kappa shape index (κ1) is 12.4. The number of nitrogens with zero attached hydrogens (tertiary/aromatic N) is 2. The van der Waals surface area contributed by atoms with Gasteiger partial charge in [0.15, 0.2) is 0 Å². The van der Waals surface area contributed by atoms with Gasteiger partial charge >= 0.3 is 5.95 Å². The molecule has 4 rings (SSSR count). The molecule has 0 fully saturated rings. The molecule has 3 aromatic rings. The minimum absolute atomic E-state index is 0.505. The van der Waals surface area contributed by atoms with Crippen molar-refractivity contribution in [2.75, 3.05) is 11.9 Å². The van der Waals surface area contributed by atoms with E-state index in [-0.39, 0.29) is 0 Å². The van der Waals surface area contributed by atoms with E-state index in [0.717, 1.165) is 30.1 Å². The summed E-state index contributed by atoms with van der Waals surface area (Å²) in [5.41, 5.74) is 3.33. The molecule has 0 saturated heterocycles. The van der Waals surface area contributed by atoms with E-state index >= 15 is 0 Å². The highest BCUT2D eigenvalue weighted by molar-refractivity contribution is 5.74. The van der Waals surface area contributed by atoms with Gasteiger partial charge in [-0.05, 0) is 17.7 Å². The van der Waals surface area contributed by atoms with Gasteiger partial charge in [-0.15, -0.1) is 0 Å². The van der Waals surface area contributed by atoms with Crippen LogP contribution in [0.4, 0.5) is 5.95 Å². The quantitative estimate of drug-likeness (QED) is 0.721. The second-order valence-corrected chi connectivity index (χ2v) is 5.43. The molecule has 0 aliphatic carbocycles. The Morgan fingerprint density at radius 1 is 1.10 bits per heavy atom. The van der Waals surface area contributed by atoms with Crippen LogP contribution in [0, 0.1) is 0 Å². The molecule has 1 atom stereocenters. The number of aromatic nitrogens is 2. The molecule has 0 radical (unpaired) electrons. The third-order valence-corrected chi connectivity index (χ3v) is 4.13. The van der Waals surface area contributed by atoms with Crippen LogP contribution < -0.4 is 9.88 Å². The number of imidazole rings is 1. The standard InChI is InChI=1S/C17H17N3O/c21-16(13-6-2-1-3-7-13)12-20-15-9-5-4-8-14(15)19-11-10-18-17(19)20/h1-9,16,21H,10-12H2/p+1. The molecule has 2 heterocycles. The van der Waals surface area contributed by atoms with E-state index in [2.05, 4.69) is 32.7 Å². The number of rotatable bonds is 3. The molecule has 1 aliphatic rings. The number of anilines is 1. The van der Waals surface area contributed by atoms with Gasteiger partial charge in [0, 0.05) is 0 Å². The third kappa shape index (κ3) is 1.99. The van der Waals surface area contributed by atoms with Gasteiger partial charge in [-0.25, -0.2) is 9.13 Å². The number of nitrogens with one attached hydrogen (secondary N) is 1. The van der Waals surface area contributed by atoms with E-state index in [1.54, 1.807) is 0 Å². The largest absolute Gasteiger partial charge is 0.385 e. The van der Waals surface area contributed by atoms with Crippen LogP contribution in [-0.4, -0.2) is 16.2 Å². The van der Waals surface area contributed by atoms with Gasteiger partial charge in [0.2, 0.25) is 0 Å². The molecule has 2 N–H and O–H groups in total. The minimum atomic E-state index is -0.505. The van der Waals surface area contributed by atoms with Gasteiger partial charge in [0.05, 0.1) is 6.54 Å². The lowest BCUT2D eigenvalue weighted by molar-refractivity contribution is -0.644. The second kappa shape index (κ2) is 4.90. The Hall–Kier alpha value is -2.33. The Balaban J connectivity index is 1.77. The van der Waals surface area contributed by atoms with Gasteiger partial charge in [-0.1, -0.05) is 42.5 Å². The fourth-order valence-corrected chi connectivity index (χ4v) is 3.13. The Kier molecular flexibility index (Phi) is 2.89. The fraction of sp³-hybridized carbons (Fsp3) is 0.235. The fourth-order valence-electron chi connectivity index (χ4n) is 3.13. The van der Waals surface area contributed by atoms with Crippen LogP contribution in [-0.2, 0) is 13.1 Å². The molecule has 0 saturated carbocycles. The lowest BCUT2D eigenvalue weighted by atomic mass is 10.1. The summed E-state index contributed by atoms with van der Waals surface area (Å²) in [5.74, 6) is 1.09. The summed E-state index contributed by atoms with van der Waals surface area (Å²) in [6.45, 7) is 2.48. The number of hydrogen-bond acceptors (Lipinski definition) is 2. The zero-order valence-corrected chi connectivity index (χ0v) is 11.7. The number of aliphatic hydroxyl groups excluding tert-OH is 1. The topological polar surface area (TPSA) is 41.1 Å². The SMILES string of the molecule is OC(Cn1c2[n+](c3ccccc31)CCN2)c1ccccc1. The van der Waals surface area contributed by atoms with E-state index < -0.39 is 6.10 Å². The Labute approximate surface area is 123 Å². The molecule has 1 aliphatic heterocycles. The lowest BCUT2D eigenvalue weighted by Crippen LogP contribution is -2.29. The third-order valence-electron chi connectivity index (χ3n) is 4.13. The van der Waals surface area contributed by atoms with Gasteiger partial charge in [-0.3, -0.25) is 5.32 Å². The summed E-state index contributed by atoms with van der Waals surface area (Å²) in [6.07, 6.45) is -0.505. The smallest absolute Gasteiger partial charge is 0.358 e. The second-order valence-electron chi connectivity index (χ2n) is 5.43. The van der Waals surface area contributed by atoms with E-state index in [9.17, 15) is 5.11 Å². The molecule has 1 aromatic heterocycles. The van der Waals surface area contributed by atoms with Crippen molar-refractivity contribution in [2.45, 2.75) is 19.2 Å². The van der Waals surface area contributed by atoms with Crippen molar-refractivity contribution in [3.05, 3.63) is 60.2 Å². The van der Waals surface area contributed by atoms with Crippen molar-refractivity contribution >= 4 is 17.0 Å². The first-order valence-electron chi connectivity index (χ1n) is 7.32. The van der Waals surface area contributed by atoms with Crippen LogP contribution in [0.3, 0.4) is 0 Å². The summed E-state index contributed by atoms with van der Waals surface area (Å²) in [7, 11) is 0. The van der Waals surface area contributed by atoms with Crippen LogP contribution in [0.1, 0.15) is 11.7 Å². The van der Waals surface area contributed by atoms with E-state index in [1.807, 2.05) is 36.4 Å². The first-order valence-corrected chi connectivity index (χ1v) is 7.32. The average Bonchev–Trinajstić information content (AvgIpc) is 3.11. The van der Waals surface area contributed by atoms with Crippen LogP contribution in [0.15, 0.2) is 54.6 Å². The molecule has 1 unspecified atom stereocenters. The highest BCUT2D eigenvalue weighted by atomic mass is 16.3. The lowest BCUT2D eigenvalue weighted by Gasteiger charge is -2.10. The summed E-state index contributed by atoms with van der Waals surface area (Å²) in [6, 6.07) is 18.2. The molecule has 21 heavy (non-hydrogen) atoms. The van der Waals surface area contributed by atoms with Crippen LogP contribution in [0.25, 0.3) is 11.0 Å². The molecular weight excluding hydrogens is 262 g/mol. The van der Waals surface area contributed by atoms with Crippen LogP contribution >= 0.6 is 0 Å². The van der Waals surface area contributed by atoms with Crippen molar-refractivity contribution < 1.29 is 9.67 Å². The van der Waals surface area contributed by atoms with Gasteiger partial charge in [0.25, 0.3) is 0 Å². The van der Waals surface area contributed by atoms with E-state index in [4.69, 9.17) is 0 Å². The summed E-state index contributed by atoms with van der Waals surface area (Å²) in [4.78, 5) is 0. The summed E-state index contributed by atoms with van der Waals surface area (Å²) in [5, 5.41) is 14.0. The maximum atomic E-state index is 10.5. The summed E-state index contributed by atoms with van der Waals surface area (Å²) >= 11 is 0. The predicted octanol–water partition coefficient (Wildman–Crippen LogP) is 2.09. The normalized spacial score (nSPS) is 14.9. The molecule has 106 valence electrons. The molecule has 4 nitrogen and oxygen atoms in total. The van der Waals surface area contributed by atoms with Crippen molar-refractivity contribution in [2.24, 2.45) is 0 Å². The van der Waals surface area contributed by atoms with Crippen LogP contribution in [0.2, 0.25) is 0 Å². The van der Waals surface area contributed by atoms with Gasteiger partial charge < -0.3 is 5.11 Å². The van der Waals surface area contributed by atoms with Crippen molar-refractivity contribution in [3.8, 4) is 0 Å². The number of fused-ring (bicyclic) bond motifs is 3. The van der Waals surface area contributed by atoms with Gasteiger partial charge in [0.1, 0.15) is 30.2 Å². The average molecular weight is 280 g/mol. The number of benzene rings is 2. The first-order chi connectivity index (χ1) is 10.3. The highest BCUT2D eigenvalue weighted by Crippen LogP contribution is 2.24. The van der Waals surface area contributed by atoms with Gasteiger partial charge in [-0.2, -0.15) is 0 Å². The van der Waals surface area contributed by atoms with Crippen molar-refractivity contribution in [1.29, 1.82) is 0 Å². The molecule has 2 aromatic carbocycles. The number of hydrogen-bond donors (Lipinski definition) is 2. The van der Waals surface area contributed by atoms with Crippen molar-refractivity contribution in [1.82, 2.24) is 4.57 Å². The van der Waals surface area contributed by atoms with Crippen LogP contribution in [0.5, 0.6) is 0 Å². The zero-order valence-electron chi connectivity index (χ0n) is 11.7. The van der Waals surface area contributed by atoms with Crippen molar-refractivity contribution in [3.63, 3.8) is 0 Å². The Morgan fingerprint density at radius 2 is 1.86 bits per heavy atom. The molecule has 0 bridgehead atoms. The Bertz CT molecular complexity index is 779. The van der Waals surface area contributed by atoms with E-state index in [1.165, 1.54) is 5.52 Å². The molecule has 0 amide bonds. The van der Waals surface area contributed by atoms with E-state index in [0.29, 0.717) is 6.54 Å². The minimum Gasteiger partial charge on any atom is -0.385 e. The Morgan fingerprint density at radius 3 is 2.71 bits per heavy atom. The molecule has 0 spiro atoms. The molecule has 4 heteroatoms. The number of aliphatic hydroxyl groups is 1. The summed E-state index contributed by atoms with van der Waals surface area (Å²) < 4.78 is 4.47. The zero-order chi connectivity index (χ0) is 14.2. The monoisotopic (exact) mass is 280 g/mol.